The average Bonchev–Trinajstić information content (AvgIpc) is 2.95. The molecule has 2 rings (SSSR count). The smallest absolute Gasteiger partial charge is 0.122 e. The summed E-state index contributed by atoms with van der Waals surface area (Å²) in [6, 6.07) is 0.759. The van der Waals surface area contributed by atoms with Crippen molar-refractivity contribution in [1.29, 1.82) is 0 Å². The lowest BCUT2D eigenvalue weighted by molar-refractivity contribution is 0.351. The molecule has 1 aromatic heterocycles. The number of rotatable bonds is 6. The van der Waals surface area contributed by atoms with Crippen molar-refractivity contribution in [2.45, 2.75) is 65.6 Å². The lowest BCUT2D eigenvalue weighted by atomic mass is 9.91. The fraction of sp³-hybridized carbons (Fsp3) is 0.786. The molecule has 1 saturated carbocycles. The molecule has 1 fully saturated rings. The van der Waals surface area contributed by atoms with Crippen LogP contribution >= 0.6 is 0 Å². The van der Waals surface area contributed by atoms with Crippen LogP contribution in [0.25, 0.3) is 0 Å². The van der Waals surface area contributed by atoms with Gasteiger partial charge in [-0.15, -0.1) is 0 Å². The highest BCUT2D eigenvalue weighted by Crippen LogP contribution is 2.21. The van der Waals surface area contributed by atoms with E-state index in [-0.39, 0.29) is 0 Å². The Morgan fingerprint density at radius 1 is 1.41 bits per heavy atom. The minimum atomic E-state index is 0.438. The van der Waals surface area contributed by atoms with Crippen LogP contribution in [0.1, 0.15) is 52.3 Å². The number of hydrogen-bond donors (Lipinski definition) is 1. The summed E-state index contributed by atoms with van der Waals surface area (Å²) in [7, 11) is 0. The fourth-order valence-corrected chi connectivity index (χ4v) is 2.01. The Kier molecular flexibility index (Phi) is 3.87. The van der Waals surface area contributed by atoms with Crippen LogP contribution in [0.4, 0.5) is 0 Å². The second kappa shape index (κ2) is 5.21. The van der Waals surface area contributed by atoms with Gasteiger partial charge < -0.3 is 9.88 Å². The van der Waals surface area contributed by atoms with Crippen LogP contribution in [0, 0.1) is 5.41 Å². The van der Waals surface area contributed by atoms with Crippen molar-refractivity contribution in [3.63, 3.8) is 0 Å². The van der Waals surface area contributed by atoms with Crippen molar-refractivity contribution in [1.82, 2.24) is 14.9 Å². The molecule has 1 aromatic rings. The van der Waals surface area contributed by atoms with Crippen molar-refractivity contribution in [2.75, 3.05) is 0 Å². The van der Waals surface area contributed by atoms with Gasteiger partial charge in [-0.3, -0.25) is 0 Å². The Morgan fingerprint density at radius 2 is 2.18 bits per heavy atom. The first-order chi connectivity index (χ1) is 8.04. The largest absolute Gasteiger partial charge is 0.334 e. The molecule has 3 nitrogen and oxygen atoms in total. The molecular weight excluding hydrogens is 210 g/mol. The minimum absolute atomic E-state index is 0.438. The molecule has 0 radical (unpaired) electrons. The van der Waals surface area contributed by atoms with Crippen LogP contribution in [0.3, 0.4) is 0 Å². The van der Waals surface area contributed by atoms with Crippen LogP contribution in [-0.2, 0) is 13.1 Å². The number of imidazole rings is 1. The minimum Gasteiger partial charge on any atom is -0.334 e. The molecular formula is C14H25N3. The number of hydrogen-bond acceptors (Lipinski definition) is 2. The van der Waals surface area contributed by atoms with Gasteiger partial charge in [-0.25, -0.2) is 4.98 Å². The summed E-state index contributed by atoms with van der Waals surface area (Å²) in [6.07, 6.45) is 9.19. The molecule has 1 heterocycles. The number of aromatic nitrogens is 2. The van der Waals surface area contributed by atoms with Gasteiger partial charge in [0.15, 0.2) is 0 Å². The van der Waals surface area contributed by atoms with E-state index in [0.29, 0.717) is 5.41 Å². The lowest BCUT2D eigenvalue weighted by Gasteiger charge is -2.18. The predicted octanol–water partition coefficient (Wildman–Crippen LogP) is 2.96. The SMILES string of the molecule is CC(C)(C)CCCn1ccnc1CNC1CC1. The van der Waals surface area contributed by atoms with Crippen LogP contribution < -0.4 is 5.32 Å². The van der Waals surface area contributed by atoms with Gasteiger partial charge in [0.05, 0.1) is 6.54 Å². The first kappa shape index (κ1) is 12.6. The Morgan fingerprint density at radius 3 is 2.82 bits per heavy atom. The molecule has 3 heteroatoms. The Labute approximate surface area is 105 Å². The number of nitrogens with zero attached hydrogens (tertiary/aromatic N) is 2. The second-order valence-electron chi connectivity index (χ2n) is 6.36. The predicted molar refractivity (Wildman–Crippen MR) is 70.8 cm³/mol. The lowest BCUT2D eigenvalue weighted by Crippen LogP contribution is -2.19. The third-order valence-corrected chi connectivity index (χ3v) is 3.25. The van der Waals surface area contributed by atoms with E-state index < -0.39 is 0 Å². The summed E-state index contributed by atoms with van der Waals surface area (Å²) in [6.45, 7) is 8.93. The van der Waals surface area contributed by atoms with E-state index in [1.165, 1.54) is 31.5 Å². The summed E-state index contributed by atoms with van der Waals surface area (Å²) in [4.78, 5) is 4.43. The zero-order chi connectivity index (χ0) is 12.3. The zero-order valence-electron chi connectivity index (χ0n) is 11.4. The highest BCUT2D eigenvalue weighted by atomic mass is 15.1. The van der Waals surface area contributed by atoms with Gasteiger partial charge in [0, 0.05) is 25.0 Å². The van der Waals surface area contributed by atoms with Crippen molar-refractivity contribution < 1.29 is 0 Å². The van der Waals surface area contributed by atoms with E-state index in [1.54, 1.807) is 0 Å². The van der Waals surface area contributed by atoms with Gasteiger partial charge in [-0.05, 0) is 31.1 Å². The van der Waals surface area contributed by atoms with E-state index in [0.717, 1.165) is 19.1 Å². The molecule has 0 saturated heterocycles. The van der Waals surface area contributed by atoms with Gasteiger partial charge in [0.1, 0.15) is 5.82 Å². The van der Waals surface area contributed by atoms with E-state index >= 15 is 0 Å². The summed E-state index contributed by atoms with van der Waals surface area (Å²) >= 11 is 0. The van der Waals surface area contributed by atoms with Gasteiger partial charge >= 0.3 is 0 Å². The standard InChI is InChI=1S/C14H25N3/c1-14(2,3)7-4-9-17-10-8-15-13(17)11-16-12-5-6-12/h8,10,12,16H,4-7,9,11H2,1-3H3. The quantitative estimate of drug-likeness (QED) is 0.821. The van der Waals surface area contributed by atoms with Gasteiger partial charge in [-0.2, -0.15) is 0 Å². The zero-order valence-corrected chi connectivity index (χ0v) is 11.4. The van der Waals surface area contributed by atoms with Crippen LogP contribution in [-0.4, -0.2) is 15.6 Å². The topological polar surface area (TPSA) is 29.9 Å². The molecule has 0 aliphatic heterocycles. The van der Waals surface area contributed by atoms with Crippen molar-refractivity contribution in [2.24, 2.45) is 5.41 Å². The molecule has 0 bridgehead atoms. The van der Waals surface area contributed by atoms with E-state index in [1.807, 2.05) is 6.20 Å². The summed E-state index contributed by atoms with van der Waals surface area (Å²) in [5, 5.41) is 3.52. The molecule has 0 spiro atoms. The van der Waals surface area contributed by atoms with Crippen LogP contribution in [0.5, 0.6) is 0 Å². The van der Waals surface area contributed by atoms with Crippen LogP contribution in [0.2, 0.25) is 0 Å². The summed E-state index contributed by atoms with van der Waals surface area (Å²) in [5.74, 6) is 1.19. The highest BCUT2D eigenvalue weighted by Gasteiger charge is 2.20. The molecule has 17 heavy (non-hydrogen) atoms. The van der Waals surface area contributed by atoms with E-state index in [2.05, 4.69) is 41.8 Å². The molecule has 0 unspecified atom stereocenters. The fourth-order valence-electron chi connectivity index (χ4n) is 2.01. The maximum Gasteiger partial charge on any atom is 0.122 e. The molecule has 1 aliphatic rings. The van der Waals surface area contributed by atoms with Gasteiger partial charge in [0.25, 0.3) is 0 Å². The number of aryl methyl sites for hydroxylation is 1. The highest BCUT2D eigenvalue weighted by molar-refractivity contribution is 4.94. The second-order valence-corrected chi connectivity index (χ2v) is 6.36. The van der Waals surface area contributed by atoms with Crippen molar-refractivity contribution in [3.8, 4) is 0 Å². The van der Waals surface area contributed by atoms with Gasteiger partial charge in [0.2, 0.25) is 0 Å². The Hall–Kier alpha value is -0.830. The Bertz CT molecular complexity index is 345. The van der Waals surface area contributed by atoms with Crippen LogP contribution in [0.15, 0.2) is 12.4 Å². The maximum atomic E-state index is 4.43. The Balaban J connectivity index is 1.76. The van der Waals surface area contributed by atoms with E-state index in [9.17, 15) is 0 Å². The summed E-state index contributed by atoms with van der Waals surface area (Å²) in [5.41, 5.74) is 0.438. The molecule has 1 N–H and O–H groups in total. The van der Waals surface area contributed by atoms with Gasteiger partial charge in [-0.1, -0.05) is 20.8 Å². The average molecular weight is 235 g/mol. The first-order valence-corrected chi connectivity index (χ1v) is 6.78. The van der Waals surface area contributed by atoms with E-state index in [4.69, 9.17) is 0 Å². The molecule has 0 aromatic carbocycles. The molecule has 0 amide bonds. The monoisotopic (exact) mass is 235 g/mol. The molecule has 96 valence electrons. The first-order valence-electron chi connectivity index (χ1n) is 6.78. The number of nitrogens with one attached hydrogen (secondary N) is 1. The third-order valence-electron chi connectivity index (χ3n) is 3.25. The summed E-state index contributed by atoms with van der Waals surface area (Å²) < 4.78 is 2.29. The molecule has 0 atom stereocenters. The maximum absolute atomic E-state index is 4.43. The van der Waals surface area contributed by atoms with Crippen molar-refractivity contribution in [3.05, 3.63) is 18.2 Å². The van der Waals surface area contributed by atoms with Crippen molar-refractivity contribution >= 4 is 0 Å². The normalized spacial score (nSPS) is 16.4. The third kappa shape index (κ3) is 4.50. The molecule has 1 aliphatic carbocycles.